The molecule has 0 radical (unpaired) electrons. The quantitative estimate of drug-likeness (QED) is 0.136. The molecule has 0 bridgehead atoms. The van der Waals surface area contributed by atoms with Crippen molar-refractivity contribution in [2.45, 2.75) is 45.3 Å². The molecule has 44 heavy (non-hydrogen) atoms. The third kappa shape index (κ3) is 7.71. The molecule has 1 fully saturated rings. The van der Waals surface area contributed by atoms with E-state index in [1.165, 1.54) is 23.3 Å². The number of nitrogens with zero attached hydrogens (tertiary/aromatic N) is 5. The maximum Gasteiger partial charge on any atom is 0.435 e. The molecule has 1 aliphatic rings. The summed E-state index contributed by atoms with van der Waals surface area (Å²) >= 11 is 0. The van der Waals surface area contributed by atoms with Crippen molar-refractivity contribution in [3.8, 4) is 11.3 Å². The molecule has 0 aliphatic heterocycles. The predicted molar refractivity (Wildman–Crippen MR) is 157 cm³/mol. The third-order valence-electron chi connectivity index (χ3n) is 7.19. The Morgan fingerprint density at radius 2 is 2.02 bits per heavy atom. The van der Waals surface area contributed by atoms with Gasteiger partial charge in [0.1, 0.15) is 0 Å². The Labute approximate surface area is 251 Å². The molecule has 1 saturated carbocycles. The van der Waals surface area contributed by atoms with E-state index < -0.39 is 11.9 Å². The smallest absolute Gasteiger partial charge is 0.435 e. The number of amides is 1. The summed E-state index contributed by atoms with van der Waals surface area (Å²) in [6.07, 6.45) is 5.05. The summed E-state index contributed by atoms with van der Waals surface area (Å²) in [7, 11) is 0. The van der Waals surface area contributed by atoms with Crippen LogP contribution in [0.4, 0.5) is 24.7 Å². The van der Waals surface area contributed by atoms with Crippen LogP contribution in [0.25, 0.3) is 16.9 Å². The SMILES string of the molecule is CCc1cc(Nc2nccn3c(-c4cn(CC5CCC5)nc4C(F)(F)F)cnc23)ccc1C(=O)NCCOCCN.O=CO. The van der Waals surface area contributed by atoms with E-state index in [2.05, 4.69) is 25.7 Å². The van der Waals surface area contributed by atoms with Crippen molar-refractivity contribution < 1.29 is 32.6 Å². The van der Waals surface area contributed by atoms with Gasteiger partial charge in [-0.25, -0.2) is 9.97 Å². The number of aryl methyl sites for hydroxylation is 1. The third-order valence-corrected chi connectivity index (χ3v) is 7.19. The zero-order valence-corrected chi connectivity index (χ0v) is 24.2. The molecule has 0 unspecified atom stereocenters. The van der Waals surface area contributed by atoms with Crippen molar-refractivity contribution in [2.75, 3.05) is 31.6 Å². The number of hydrogen-bond donors (Lipinski definition) is 4. The molecule has 4 aromatic rings. The summed E-state index contributed by atoms with van der Waals surface area (Å²) in [5, 5.41) is 16.8. The van der Waals surface area contributed by atoms with Gasteiger partial charge < -0.3 is 26.2 Å². The molecule has 1 aromatic carbocycles. The van der Waals surface area contributed by atoms with Gasteiger partial charge in [0, 0.05) is 49.5 Å². The molecule has 3 heterocycles. The Hall–Kier alpha value is -4.50. The number of aromatic nitrogens is 5. The van der Waals surface area contributed by atoms with Crippen LogP contribution in [0.5, 0.6) is 0 Å². The van der Waals surface area contributed by atoms with Gasteiger partial charge in [-0.05, 0) is 48.9 Å². The van der Waals surface area contributed by atoms with Crippen LogP contribution < -0.4 is 16.4 Å². The summed E-state index contributed by atoms with van der Waals surface area (Å²) in [5.74, 6) is 0.513. The number of carboxylic acid groups (broad SMARTS) is 1. The number of carbonyl (C=O) groups excluding carboxylic acids is 1. The van der Waals surface area contributed by atoms with Crippen molar-refractivity contribution in [1.29, 1.82) is 0 Å². The van der Waals surface area contributed by atoms with Crippen LogP contribution in [-0.4, -0.2) is 67.9 Å². The number of carbonyl (C=O) groups is 2. The standard InChI is InChI=1S/C28H33F3N8O2.CH2O2/c1-2-19-14-20(6-7-21(19)27(40)34-10-13-41-12-8-32)36-25-26-35-15-23(39(26)11-9-33-25)22-17-38(16-18-4-3-5-18)37-24(22)28(29,30)31;2-1-3/h6-7,9,11,14-15,17-18H,2-5,8,10,12-13,16,32H2,1H3,(H,33,36)(H,34,40);1H,(H,2,3). The molecule has 0 spiro atoms. The highest BCUT2D eigenvalue weighted by molar-refractivity contribution is 5.96. The van der Waals surface area contributed by atoms with E-state index in [4.69, 9.17) is 20.4 Å². The second kappa shape index (κ2) is 14.8. The maximum absolute atomic E-state index is 14.0. The first kappa shape index (κ1) is 32.4. The Bertz CT molecular complexity index is 1570. The van der Waals surface area contributed by atoms with Crippen LogP contribution in [0.2, 0.25) is 0 Å². The van der Waals surface area contributed by atoms with Crippen LogP contribution in [0.1, 0.15) is 47.8 Å². The average molecular weight is 617 g/mol. The Kier molecular flexibility index (Phi) is 10.9. The van der Waals surface area contributed by atoms with Crippen LogP contribution in [0.15, 0.2) is 43.0 Å². The van der Waals surface area contributed by atoms with Crippen LogP contribution in [0.3, 0.4) is 0 Å². The van der Waals surface area contributed by atoms with Gasteiger partial charge >= 0.3 is 6.18 Å². The molecule has 15 heteroatoms. The summed E-state index contributed by atoms with van der Waals surface area (Å²) in [6.45, 7) is 3.75. The van der Waals surface area contributed by atoms with Crippen molar-refractivity contribution in [1.82, 2.24) is 29.5 Å². The minimum atomic E-state index is -4.61. The highest BCUT2D eigenvalue weighted by Gasteiger charge is 2.38. The van der Waals surface area contributed by atoms with Crippen molar-refractivity contribution in [3.05, 3.63) is 59.8 Å². The van der Waals surface area contributed by atoms with Crippen LogP contribution in [-0.2, 0) is 28.7 Å². The molecule has 0 saturated heterocycles. The number of benzene rings is 1. The Balaban J connectivity index is 0.00000141. The molecule has 236 valence electrons. The summed E-state index contributed by atoms with van der Waals surface area (Å²) < 4.78 is 50.2. The highest BCUT2D eigenvalue weighted by Crippen LogP contribution is 2.38. The average Bonchev–Trinajstić information content (AvgIpc) is 3.60. The lowest BCUT2D eigenvalue weighted by atomic mass is 9.85. The Morgan fingerprint density at radius 1 is 1.25 bits per heavy atom. The number of alkyl halides is 3. The fraction of sp³-hybridized carbons (Fsp3) is 0.414. The van der Waals surface area contributed by atoms with Gasteiger partial charge in [-0.2, -0.15) is 18.3 Å². The van der Waals surface area contributed by atoms with Gasteiger partial charge in [-0.3, -0.25) is 18.7 Å². The topological polar surface area (TPSA) is 162 Å². The van der Waals surface area contributed by atoms with Gasteiger partial charge in [0.05, 0.1) is 30.7 Å². The molecule has 0 atom stereocenters. The number of rotatable bonds is 12. The number of fused-ring (bicyclic) bond motifs is 1. The maximum atomic E-state index is 14.0. The number of hydrogen-bond acceptors (Lipinski definition) is 8. The van der Waals surface area contributed by atoms with E-state index in [0.717, 1.165) is 24.8 Å². The normalized spacial score (nSPS) is 13.2. The van der Waals surface area contributed by atoms with Gasteiger partial charge in [-0.1, -0.05) is 13.3 Å². The molecule has 1 amide bonds. The van der Waals surface area contributed by atoms with Gasteiger partial charge in [0.15, 0.2) is 17.2 Å². The second-order valence-electron chi connectivity index (χ2n) is 10.1. The van der Waals surface area contributed by atoms with E-state index in [-0.39, 0.29) is 23.6 Å². The molecule has 5 N–H and O–H groups in total. The van der Waals surface area contributed by atoms with Crippen molar-refractivity contribution >= 4 is 29.5 Å². The minimum Gasteiger partial charge on any atom is -0.483 e. The minimum absolute atomic E-state index is 0.0291. The zero-order chi connectivity index (χ0) is 31.7. The number of halogens is 3. The van der Waals surface area contributed by atoms with E-state index in [1.807, 2.05) is 13.0 Å². The molecule has 1 aliphatic carbocycles. The number of anilines is 2. The summed E-state index contributed by atoms with van der Waals surface area (Å²) in [4.78, 5) is 29.8. The number of nitrogens with two attached hydrogens (primary N) is 1. The Morgan fingerprint density at radius 3 is 2.68 bits per heavy atom. The van der Waals surface area contributed by atoms with Crippen molar-refractivity contribution in [2.24, 2.45) is 11.7 Å². The van der Waals surface area contributed by atoms with Gasteiger partial charge in [0.25, 0.3) is 12.4 Å². The van der Waals surface area contributed by atoms with E-state index in [1.54, 1.807) is 22.7 Å². The summed E-state index contributed by atoms with van der Waals surface area (Å²) in [6, 6.07) is 5.32. The fourth-order valence-electron chi connectivity index (χ4n) is 4.90. The van der Waals surface area contributed by atoms with Gasteiger partial charge in [0.2, 0.25) is 0 Å². The molecule has 12 nitrogen and oxygen atoms in total. The number of imidazole rings is 1. The van der Waals surface area contributed by atoms with Crippen LogP contribution in [0, 0.1) is 5.92 Å². The van der Waals surface area contributed by atoms with E-state index in [9.17, 15) is 18.0 Å². The van der Waals surface area contributed by atoms with Crippen molar-refractivity contribution in [3.63, 3.8) is 0 Å². The largest absolute Gasteiger partial charge is 0.483 e. The number of nitrogens with one attached hydrogen (secondary N) is 2. The highest BCUT2D eigenvalue weighted by atomic mass is 19.4. The second-order valence-corrected chi connectivity index (χ2v) is 10.1. The van der Waals surface area contributed by atoms with E-state index >= 15 is 0 Å². The first-order valence-electron chi connectivity index (χ1n) is 14.2. The molecular weight excluding hydrogens is 581 g/mol. The monoisotopic (exact) mass is 616 g/mol. The lowest BCUT2D eigenvalue weighted by Gasteiger charge is -2.24. The molecule has 5 rings (SSSR count). The first-order valence-corrected chi connectivity index (χ1v) is 14.2. The van der Waals surface area contributed by atoms with Gasteiger partial charge in [-0.15, -0.1) is 0 Å². The zero-order valence-electron chi connectivity index (χ0n) is 24.2. The fourth-order valence-corrected chi connectivity index (χ4v) is 4.90. The lowest BCUT2D eigenvalue weighted by molar-refractivity contribution is -0.141. The summed E-state index contributed by atoms with van der Waals surface area (Å²) in [5.41, 5.74) is 7.10. The predicted octanol–water partition coefficient (Wildman–Crippen LogP) is 4.12. The first-order chi connectivity index (χ1) is 21.2. The van der Waals surface area contributed by atoms with Crippen LogP contribution >= 0.6 is 0 Å². The number of ether oxygens (including phenoxy) is 1. The lowest BCUT2D eigenvalue weighted by Crippen LogP contribution is -2.28. The van der Waals surface area contributed by atoms with E-state index in [0.29, 0.717) is 67.9 Å². The molecular formula is C29H35F3N8O4. The molecule has 3 aromatic heterocycles.